The fourth-order valence-electron chi connectivity index (χ4n) is 7.62. The SMILES string of the molecule is COc1cc(S(=O)(=O)[O-])ccc1P(c1ccc(S(=O)(=O)[O-])cc1OC)c1cccc2c1Oc1c(P(c3ccc(S(=O)(=O)[O-])cc3OC)c3ccc(S(=O)(=O)[O-])cc3OC)cccc1C2(C)C. The van der Waals surface area contributed by atoms with Gasteiger partial charge in [0.2, 0.25) is 0 Å². The zero-order chi connectivity index (χ0) is 48.3. The van der Waals surface area contributed by atoms with Gasteiger partial charge in [-0.3, -0.25) is 0 Å². The fraction of sp³-hybridized carbons (Fsp3) is 0.163. The zero-order valence-electron chi connectivity index (χ0n) is 35.4. The molecular weight excluding hydrogens is 979 g/mol. The van der Waals surface area contributed by atoms with E-state index in [0.717, 1.165) is 48.5 Å². The Bertz CT molecular complexity index is 3010. The Hall–Kier alpha value is -5.18. The third-order valence-electron chi connectivity index (χ3n) is 10.7. The van der Waals surface area contributed by atoms with Gasteiger partial charge < -0.3 is 41.9 Å². The normalized spacial score (nSPS) is 13.7. The number of ether oxygens (including phenoxy) is 5. The molecule has 1 aliphatic rings. The molecule has 0 N–H and O–H groups in total. The lowest BCUT2D eigenvalue weighted by Crippen LogP contribution is -2.33. The van der Waals surface area contributed by atoms with Crippen LogP contribution in [0.3, 0.4) is 0 Å². The number of hydrogen-bond acceptors (Lipinski definition) is 17. The van der Waals surface area contributed by atoms with Gasteiger partial charge in [0.25, 0.3) is 0 Å². The Kier molecular flexibility index (Phi) is 13.1. The Balaban J connectivity index is 1.56. The molecule has 0 amide bonds. The molecule has 1 heterocycles. The summed E-state index contributed by atoms with van der Waals surface area (Å²) < 4.78 is 176. The first kappa shape index (κ1) is 48.7. The quantitative estimate of drug-likeness (QED) is 0.112. The van der Waals surface area contributed by atoms with Crippen molar-refractivity contribution in [3.63, 3.8) is 0 Å². The van der Waals surface area contributed by atoms with Gasteiger partial charge in [-0.1, -0.05) is 50.2 Å². The summed E-state index contributed by atoms with van der Waals surface area (Å²) in [5.41, 5.74) is 0.366. The third kappa shape index (κ3) is 9.12. The summed E-state index contributed by atoms with van der Waals surface area (Å²) in [6.45, 7) is 3.86. The van der Waals surface area contributed by atoms with Crippen molar-refractivity contribution in [2.45, 2.75) is 38.8 Å². The first-order valence-corrected chi connectivity index (χ1v) is 27.3. The first-order valence-electron chi connectivity index (χ1n) is 19.0. The van der Waals surface area contributed by atoms with E-state index >= 15 is 0 Å². The van der Waals surface area contributed by atoms with Gasteiger partial charge in [-0.2, -0.15) is 0 Å². The molecule has 0 radical (unpaired) electrons. The molecule has 0 fully saturated rings. The van der Waals surface area contributed by atoms with Crippen molar-refractivity contribution < 1.29 is 75.6 Å². The Morgan fingerprint density at radius 2 is 0.667 bits per heavy atom. The predicted molar refractivity (Wildman–Crippen MR) is 241 cm³/mol. The molecule has 0 saturated carbocycles. The van der Waals surface area contributed by atoms with Crippen molar-refractivity contribution in [1.82, 2.24) is 0 Å². The number of rotatable bonds is 14. The third-order valence-corrected chi connectivity index (χ3v) is 19.1. The van der Waals surface area contributed by atoms with Crippen molar-refractivity contribution >= 4 is 88.1 Å². The number of fused-ring (bicyclic) bond motifs is 2. The summed E-state index contributed by atoms with van der Waals surface area (Å²) >= 11 is 0. The lowest BCUT2D eigenvalue weighted by Gasteiger charge is -2.38. The standard InChI is InChI=1S/C43H40O17P2S4/c1-43(2)29-9-7-11-39(61(35-17-13-25(63(44,45)46)21-31(35)56-3)36-18-14-26(64(47,48)49)22-32(36)57-4)41(29)60-42-30(43)10-8-12-40(42)62(37-19-15-27(65(50,51)52)23-33(37)58-5)38-20-16-28(66(53,54)55)24-34(38)59-6/h7-24H,1-6H3,(H,44,45,46)(H,47,48,49)(H,50,51,52)(H,53,54,55)/p-4. The Labute approximate surface area is 383 Å². The molecule has 66 heavy (non-hydrogen) atoms. The van der Waals surface area contributed by atoms with E-state index < -0.39 is 81.3 Å². The Morgan fingerprint density at radius 3 is 0.894 bits per heavy atom. The minimum absolute atomic E-state index is 0.0378. The predicted octanol–water partition coefficient (Wildman–Crippen LogP) is 3.29. The summed E-state index contributed by atoms with van der Waals surface area (Å²) in [4.78, 5) is -2.37. The molecule has 348 valence electrons. The van der Waals surface area contributed by atoms with Crippen LogP contribution < -0.4 is 55.5 Å². The van der Waals surface area contributed by atoms with Crippen molar-refractivity contribution in [2.75, 3.05) is 28.4 Å². The van der Waals surface area contributed by atoms with Gasteiger partial charge in [0.1, 0.15) is 75.0 Å². The average Bonchev–Trinajstić information content (AvgIpc) is 3.25. The van der Waals surface area contributed by atoms with Crippen LogP contribution in [-0.4, -0.2) is 80.3 Å². The molecule has 0 atom stereocenters. The number of hydrogen-bond donors (Lipinski definition) is 0. The van der Waals surface area contributed by atoms with Crippen molar-refractivity contribution in [2.24, 2.45) is 0 Å². The van der Waals surface area contributed by atoms with Crippen LogP contribution in [-0.2, 0) is 45.9 Å². The number of methoxy groups -OCH3 is 4. The molecule has 6 aromatic rings. The maximum absolute atomic E-state index is 12.2. The smallest absolute Gasteiger partial charge is 0.139 e. The lowest BCUT2D eigenvalue weighted by atomic mass is 9.76. The first-order chi connectivity index (χ1) is 30.8. The van der Waals surface area contributed by atoms with Gasteiger partial charge in [-0.25, -0.2) is 33.7 Å². The lowest BCUT2D eigenvalue weighted by molar-refractivity contribution is 0.414. The van der Waals surface area contributed by atoms with E-state index in [0.29, 0.717) is 43.0 Å². The van der Waals surface area contributed by atoms with E-state index in [1.165, 1.54) is 52.7 Å². The molecule has 1 aliphatic heterocycles. The van der Waals surface area contributed by atoms with Crippen LogP contribution >= 0.6 is 15.8 Å². The summed E-state index contributed by atoms with van der Waals surface area (Å²) in [7, 11) is -19.0. The van der Waals surface area contributed by atoms with Crippen molar-refractivity contribution in [1.29, 1.82) is 0 Å². The second-order valence-corrected chi connectivity index (χ2v) is 24.6. The summed E-state index contributed by atoms with van der Waals surface area (Å²) in [5.74, 6) is 0.392. The average molecular weight is 1010 g/mol. The Morgan fingerprint density at radius 1 is 0.409 bits per heavy atom. The molecule has 0 saturated heterocycles. The van der Waals surface area contributed by atoms with E-state index in [9.17, 15) is 51.9 Å². The van der Waals surface area contributed by atoms with Gasteiger partial charge in [-0.05, 0) is 88.6 Å². The minimum atomic E-state index is -4.97. The van der Waals surface area contributed by atoms with E-state index in [-0.39, 0.29) is 34.5 Å². The molecule has 17 nitrogen and oxygen atoms in total. The molecule has 0 aliphatic carbocycles. The topological polar surface area (TPSA) is 275 Å². The second-order valence-electron chi connectivity index (χ2n) is 14.9. The molecular formula is C43H36O17P2S4-4. The fourth-order valence-corrected chi connectivity index (χ4v) is 14.7. The highest BCUT2D eigenvalue weighted by Crippen LogP contribution is 2.54. The van der Waals surface area contributed by atoms with Crippen LogP contribution in [0.25, 0.3) is 0 Å². The van der Waals surface area contributed by atoms with Crippen LogP contribution in [0.4, 0.5) is 0 Å². The van der Waals surface area contributed by atoms with E-state index in [2.05, 4.69) is 0 Å². The highest BCUT2D eigenvalue weighted by molar-refractivity contribution is 7.86. The largest absolute Gasteiger partial charge is 0.744 e. The summed E-state index contributed by atoms with van der Waals surface area (Å²) in [6, 6.07) is 24.8. The molecule has 0 bridgehead atoms. The molecule has 0 unspecified atom stereocenters. The van der Waals surface area contributed by atoms with Crippen LogP contribution in [0.15, 0.2) is 129 Å². The molecule has 23 heteroatoms. The van der Waals surface area contributed by atoms with Crippen LogP contribution in [0.1, 0.15) is 25.0 Å². The van der Waals surface area contributed by atoms with E-state index in [1.54, 1.807) is 24.3 Å². The zero-order valence-corrected chi connectivity index (χ0v) is 40.4. The molecule has 7 rings (SSSR count). The number of benzene rings is 6. The van der Waals surface area contributed by atoms with E-state index in [1.807, 2.05) is 26.0 Å². The minimum Gasteiger partial charge on any atom is -0.744 e. The van der Waals surface area contributed by atoms with Gasteiger partial charge in [0.15, 0.2) is 0 Å². The van der Waals surface area contributed by atoms with Crippen LogP contribution in [0.5, 0.6) is 34.5 Å². The molecule has 0 aromatic heterocycles. The van der Waals surface area contributed by atoms with Gasteiger partial charge in [-0.15, -0.1) is 0 Å². The maximum atomic E-state index is 12.2. The van der Waals surface area contributed by atoms with Crippen molar-refractivity contribution in [3.8, 4) is 34.5 Å². The highest BCUT2D eigenvalue weighted by Gasteiger charge is 2.41. The molecule has 6 aromatic carbocycles. The van der Waals surface area contributed by atoms with E-state index in [4.69, 9.17) is 23.7 Å². The van der Waals surface area contributed by atoms with Crippen LogP contribution in [0.2, 0.25) is 0 Å². The maximum Gasteiger partial charge on any atom is 0.139 e. The van der Waals surface area contributed by atoms with Crippen molar-refractivity contribution in [3.05, 3.63) is 120 Å². The monoisotopic (exact) mass is 1010 g/mol. The van der Waals surface area contributed by atoms with Gasteiger partial charge >= 0.3 is 0 Å². The molecule has 0 spiro atoms. The number of para-hydroxylation sites is 2. The second kappa shape index (κ2) is 17.8. The summed E-state index contributed by atoms with van der Waals surface area (Å²) in [6.07, 6.45) is 0. The van der Waals surface area contributed by atoms with Crippen LogP contribution in [0, 0.1) is 0 Å². The summed E-state index contributed by atoms with van der Waals surface area (Å²) in [5, 5.41) is 2.17. The highest BCUT2D eigenvalue weighted by atomic mass is 32.2. The van der Waals surface area contributed by atoms with Gasteiger partial charge in [0.05, 0.1) is 48.0 Å². The van der Waals surface area contributed by atoms with Gasteiger partial charge in [0, 0.05) is 48.4 Å².